The molecule has 0 unspecified atom stereocenters. The second-order valence-electron chi connectivity index (χ2n) is 2.98. The highest BCUT2D eigenvalue weighted by Gasteiger charge is 2.18. The number of carboxylic acid groups (broad SMARTS) is 1. The van der Waals surface area contributed by atoms with Crippen LogP contribution in [0.4, 0.5) is 8.78 Å². The van der Waals surface area contributed by atoms with Crippen molar-refractivity contribution in [3.05, 3.63) is 28.0 Å². The lowest BCUT2D eigenvalue weighted by Gasteiger charge is -2.08. The normalized spacial score (nSPS) is 10.7. The van der Waals surface area contributed by atoms with Crippen LogP contribution in [-0.4, -0.2) is 16.1 Å². The summed E-state index contributed by atoms with van der Waals surface area (Å²) in [5, 5.41) is 8.38. The molecule has 1 aromatic heterocycles. The molecule has 0 bridgehead atoms. The molecule has 6 heteroatoms. The minimum absolute atomic E-state index is 0.163. The highest BCUT2D eigenvalue weighted by Crippen LogP contribution is 2.29. The summed E-state index contributed by atoms with van der Waals surface area (Å²) in [7, 11) is 0. The van der Waals surface area contributed by atoms with Crippen molar-refractivity contribution in [3.63, 3.8) is 0 Å². The average molecular weight is 236 g/mol. The molecule has 0 saturated carbocycles. The number of rotatable bonds is 3. The fourth-order valence-corrected chi connectivity index (χ4v) is 1.38. The van der Waals surface area contributed by atoms with Gasteiger partial charge in [0.1, 0.15) is 5.69 Å². The zero-order valence-electron chi connectivity index (χ0n) is 7.80. The highest BCUT2D eigenvalue weighted by atomic mass is 35.5. The fourth-order valence-electron chi connectivity index (χ4n) is 1.13. The van der Waals surface area contributed by atoms with Crippen LogP contribution in [0.2, 0.25) is 5.02 Å². The lowest BCUT2D eigenvalue weighted by Crippen LogP contribution is -2.05. The lowest BCUT2D eigenvalue weighted by atomic mass is 10.1. The molecule has 3 nitrogen and oxygen atoms in total. The molecule has 0 fully saturated rings. The lowest BCUT2D eigenvalue weighted by molar-refractivity contribution is -0.136. The van der Waals surface area contributed by atoms with Gasteiger partial charge in [0.2, 0.25) is 0 Å². The van der Waals surface area contributed by atoms with Crippen LogP contribution in [0.15, 0.2) is 6.20 Å². The van der Waals surface area contributed by atoms with Crippen LogP contribution in [0.3, 0.4) is 0 Å². The number of nitrogens with zero attached hydrogens (tertiary/aromatic N) is 1. The molecular weight excluding hydrogens is 228 g/mol. The van der Waals surface area contributed by atoms with E-state index in [0.717, 1.165) is 6.20 Å². The Labute approximate surface area is 89.7 Å². The first-order valence-corrected chi connectivity index (χ1v) is 4.45. The van der Waals surface area contributed by atoms with E-state index in [0.29, 0.717) is 11.1 Å². The molecule has 1 rings (SSSR count). The highest BCUT2D eigenvalue weighted by molar-refractivity contribution is 6.32. The molecule has 0 aliphatic heterocycles. The number of hydrogen-bond donors (Lipinski definition) is 1. The van der Waals surface area contributed by atoms with E-state index in [2.05, 4.69) is 4.98 Å². The van der Waals surface area contributed by atoms with Crippen molar-refractivity contribution in [1.82, 2.24) is 4.98 Å². The van der Waals surface area contributed by atoms with Gasteiger partial charge < -0.3 is 5.11 Å². The minimum Gasteiger partial charge on any atom is -0.481 e. The standard InChI is InChI=1S/C9H8ClF2NO2/c1-4-5(2-6(14)15)3-13-8(7(4)10)9(11)12/h3,9H,2H2,1H3,(H,14,15). The molecule has 1 heterocycles. The third kappa shape index (κ3) is 2.62. The first-order chi connectivity index (χ1) is 6.93. The number of aromatic nitrogens is 1. The summed E-state index contributed by atoms with van der Waals surface area (Å²) in [4.78, 5) is 13.9. The van der Waals surface area contributed by atoms with Crippen molar-refractivity contribution in [2.75, 3.05) is 0 Å². The van der Waals surface area contributed by atoms with Crippen LogP contribution >= 0.6 is 11.6 Å². The molecule has 0 spiro atoms. The summed E-state index contributed by atoms with van der Waals surface area (Å²) in [6.07, 6.45) is -1.91. The van der Waals surface area contributed by atoms with Gasteiger partial charge in [-0.3, -0.25) is 9.78 Å². The number of aliphatic carboxylic acids is 1. The molecule has 15 heavy (non-hydrogen) atoms. The summed E-state index contributed by atoms with van der Waals surface area (Å²) in [5.74, 6) is -1.05. The number of carboxylic acids is 1. The molecule has 82 valence electrons. The van der Waals surface area contributed by atoms with Crippen molar-refractivity contribution >= 4 is 17.6 Å². The Hall–Kier alpha value is -1.23. The Morgan fingerprint density at radius 1 is 1.67 bits per heavy atom. The predicted octanol–water partition coefficient (Wildman–Crippen LogP) is 2.61. The van der Waals surface area contributed by atoms with Crippen LogP contribution in [0.25, 0.3) is 0 Å². The number of hydrogen-bond acceptors (Lipinski definition) is 2. The first-order valence-electron chi connectivity index (χ1n) is 4.07. The number of carbonyl (C=O) groups is 1. The van der Waals surface area contributed by atoms with E-state index in [-0.39, 0.29) is 11.4 Å². The predicted molar refractivity (Wildman–Crippen MR) is 50.3 cm³/mol. The Morgan fingerprint density at radius 3 is 2.73 bits per heavy atom. The van der Waals surface area contributed by atoms with Crippen molar-refractivity contribution < 1.29 is 18.7 Å². The van der Waals surface area contributed by atoms with Crippen molar-refractivity contribution in [3.8, 4) is 0 Å². The van der Waals surface area contributed by atoms with Gasteiger partial charge in [0, 0.05) is 6.20 Å². The molecule has 0 aliphatic carbocycles. The molecule has 1 aromatic rings. The van der Waals surface area contributed by atoms with Gasteiger partial charge in [0.25, 0.3) is 6.43 Å². The van der Waals surface area contributed by atoms with Crippen LogP contribution < -0.4 is 0 Å². The van der Waals surface area contributed by atoms with Gasteiger partial charge >= 0.3 is 5.97 Å². The van der Waals surface area contributed by atoms with E-state index in [1.165, 1.54) is 6.92 Å². The van der Waals surface area contributed by atoms with Gasteiger partial charge in [-0.2, -0.15) is 0 Å². The van der Waals surface area contributed by atoms with Gasteiger partial charge in [-0.15, -0.1) is 0 Å². The zero-order valence-corrected chi connectivity index (χ0v) is 8.55. The maximum absolute atomic E-state index is 12.3. The summed E-state index contributed by atoms with van der Waals surface area (Å²) < 4.78 is 24.7. The van der Waals surface area contributed by atoms with Crippen LogP contribution in [-0.2, 0) is 11.2 Å². The number of alkyl halides is 2. The monoisotopic (exact) mass is 235 g/mol. The molecular formula is C9H8ClF2NO2. The Morgan fingerprint density at radius 2 is 2.27 bits per heavy atom. The average Bonchev–Trinajstić information content (AvgIpc) is 2.12. The maximum atomic E-state index is 12.3. The second kappa shape index (κ2) is 4.53. The van der Waals surface area contributed by atoms with E-state index in [1.807, 2.05) is 0 Å². The Kier molecular flexibility index (Phi) is 3.57. The molecule has 0 aliphatic rings. The smallest absolute Gasteiger partial charge is 0.307 e. The van der Waals surface area contributed by atoms with E-state index in [4.69, 9.17) is 16.7 Å². The van der Waals surface area contributed by atoms with E-state index in [9.17, 15) is 13.6 Å². The summed E-state index contributed by atoms with van der Waals surface area (Å²) in [5.41, 5.74) is 0.171. The summed E-state index contributed by atoms with van der Waals surface area (Å²) in [6, 6.07) is 0. The third-order valence-electron chi connectivity index (χ3n) is 1.94. The summed E-state index contributed by atoms with van der Waals surface area (Å²) in [6.45, 7) is 1.49. The Balaban J connectivity index is 3.15. The van der Waals surface area contributed by atoms with Crippen LogP contribution in [0, 0.1) is 6.92 Å². The van der Waals surface area contributed by atoms with Crippen molar-refractivity contribution in [2.24, 2.45) is 0 Å². The second-order valence-corrected chi connectivity index (χ2v) is 3.36. The van der Waals surface area contributed by atoms with E-state index in [1.54, 1.807) is 0 Å². The largest absolute Gasteiger partial charge is 0.481 e. The van der Waals surface area contributed by atoms with Gasteiger partial charge in [0.05, 0.1) is 11.4 Å². The fraction of sp³-hybridized carbons (Fsp3) is 0.333. The molecule has 0 amide bonds. The third-order valence-corrected chi connectivity index (χ3v) is 2.42. The maximum Gasteiger partial charge on any atom is 0.307 e. The minimum atomic E-state index is -2.75. The Bertz CT molecular complexity index is 396. The van der Waals surface area contributed by atoms with E-state index < -0.39 is 18.1 Å². The quantitative estimate of drug-likeness (QED) is 0.876. The molecule has 0 saturated heterocycles. The topological polar surface area (TPSA) is 50.2 Å². The molecule has 0 radical (unpaired) electrons. The van der Waals surface area contributed by atoms with Gasteiger partial charge in [0.15, 0.2) is 0 Å². The first kappa shape index (κ1) is 11.8. The van der Waals surface area contributed by atoms with Crippen LogP contribution in [0.1, 0.15) is 23.2 Å². The van der Waals surface area contributed by atoms with Gasteiger partial charge in [-0.25, -0.2) is 8.78 Å². The van der Waals surface area contributed by atoms with E-state index >= 15 is 0 Å². The zero-order chi connectivity index (χ0) is 11.6. The molecule has 1 N–H and O–H groups in total. The van der Waals surface area contributed by atoms with Gasteiger partial charge in [-0.1, -0.05) is 11.6 Å². The van der Waals surface area contributed by atoms with Crippen molar-refractivity contribution in [1.29, 1.82) is 0 Å². The van der Waals surface area contributed by atoms with Crippen LogP contribution in [0.5, 0.6) is 0 Å². The number of pyridine rings is 1. The number of halogens is 3. The SMILES string of the molecule is Cc1c(CC(=O)O)cnc(C(F)F)c1Cl. The summed E-state index contributed by atoms with van der Waals surface area (Å²) >= 11 is 5.64. The molecule has 0 atom stereocenters. The van der Waals surface area contributed by atoms with Gasteiger partial charge in [-0.05, 0) is 18.1 Å². The van der Waals surface area contributed by atoms with Crippen molar-refractivity contribution in [2.45, 2.75) is 19.8 Å². The molecule has 0 aromatic carbocycles.